The molecule has 1 aromatic carbocycles. The predicted octanol–water partition coefficient (Wildman–Crippen LogP) is 1.35. The van der Waals surface area contributed by atoms with E-state index in [0.29, 0.717) is 6.54 Å². The van der Waals surface area contributed by atoms with Crippen molar-refractivity contribution in [2.75, 3.05) is 25.6 Å². The third kappa shape index (κ3) is 3.11. The van der Waals surface area contributed by atoms with Crippen LogP contribution in [0.4, 0.5) is 5.69 Å². The molecule has 4 N–H and O–H groups in total. The van der Waals surface area contributed by atoms with Crippen molar-refractivity contribution in [2.45, 2.75) is 26.8 Å². The van der Waals surface area contributed by atoms with Gasteiger partial charge in [-0.15, -0.1) is 0 Å². The minimum atomic E-state index is -0.240. The molecule has 1 atom stereocenters. The molecule has 17 heavy (non-hydrogen) atoms. The largest absolute Gasteiger partial charge is 0.496 e. The summed E-state index contributed by atoms with van der Waals surface area (Å²) in [5.41, 5.74) is 10.2. The van der Waals surface area contributed by atoms with E-state index in [-0.39, 0.29) is 12.6 Å². The lowest BCUT2D eigenvalue weighted by molar-refractivity contribution is 0.270. The maximum absolute atomic E-state index is 8.90. The van der Waals surface area contributed by atoms with Gasteiger partial charge in [-0.3, -0.25) is 0 Å². The second-order valence-corrected chi connectivity index (χ2v) is 4.34. The van der Waals surface area contributed by atoms with Crippen molar-refractivity contribution >= 4 is 5.69 Å². The van der Waals surface area contributed by atoms with E-state index in [2.05, 4.69) is 12.2 Å². The lowest BCUT2D eigenvalue weighted by atomic mass is 10.0. The van der Waals surface area contributed by atoms with Crippen LogP contribution in [0.5, 0.6) is 5.75 Å². The number of methoxy groups -OCH3 is 1. The van der Waals surface area contributed by atoms with Crippen LogP contribution in [0.15, 0.2) is 6.07 Å². The van der Waals surface area contributed by atoms with Gasteiger partial charge in [0.25, 0.3) is 0 Å². The Balaban J connectivity index is 2.96. The number of anilines is 1. The molecule has 0 heterocycles. The molecule has 1 rings (SSSR count). The fraction of sp³-hybridized carbons (Fsp3) is 0.538. The lowest BCUT2D eigenvalue weighted by Crippen LogP contribution is -2.32. The van der Waals surface area contributed by atoms with E-state index in [0.717, 1.165) is 28.1 Å². The van der Waals surface area contributed by atoms with Crippen LogP contribution in [0, 0.1) is 20.8 Å². The van der Waals surface area contributed by atoms with Crippen LogP contribution in [-0.2, 0) is 0 Å². The van der Waals surface area contributed by atoms with Crippen molar-refractivity contribution in [1.29, 1.82) is 0 Å². The van der Waals surface area contributed by atoms with Gasteiger partial charge in [0.1, 0.15) is 5.75 Å². The average Bonchev–Trinajstić information content (AvgIpc) is 2.33. The SMILES string of the molecule is COc1cc(C)c(NCC(N)CO)c(C)c1C. The standard InChI is InChI=1S/C13H22N2O2/c1-8-5-12(17-4)9(2)10(3)13(8)15-6-11(14)7-16/h5,11,15-16H,6-7,14H2,1-4H3. The normalized spacial score (nSPS) is 12.4. The van der Waals surface area contributed by atoms with Crippen molar-refractivity contribution in [3.05, 3.63) is 22.8 Å². The van der Waals surface area contributed by atoms with E-state index in [1.807, 2.05) is 19.9 Å². The molecule has 0 radical (unpaired) electrons. The van der Waals surface area contributed by atoms with Gasteiger partial charge in [-0.25, -0.2) is 0 Å². The van der Waals surface area contributed by atoms with Gasteiger partial charge < -0.3 is 20.9 Å². The van der Waals surface area contributed by atoms with Crippen molar-refractivity contribution < 1.29 is 9.84 Å². The van der Waals surface area contributed by atoms with Crippen LogP contribution in [0.2, 0.25) is 0 Å². The average molecular weight is 238 g/mol. The van der Waals surface area contributed by atoms with Gasteiger partial charge in [-0.2, -0.15) is 0 Å². The lowest BCUT2D eigenvalue weighted by Gasteiger charge is -2.19. The van der Waals surface area contributed by atoms with Gasteiger partial charge in [0.15, 0.2) is 0 Å². The fourth-order valence-corrected chi connectivity index (χ4v) is 1.83. The molecular weight excluding hydrogens is 216 g/mol. The highest BCUT2D eigenvalue weighted by Gasteiger charge is 2.11. The Morgan fingerprint density at radius 1 is 1.35 bits per heavy atom. The number of hydrogen-bond donors (Lipinski definition) is 3. The Kier molecular flexibility index (Phi) is 4.78. The molecule has 4 heteroatoms. The first-order chi connectivity index (χ1) is 8.01. The Morgan fingerprint density at radius 2 is 2.00 bits per heavy atom. The number of benzene rings is 1. The Bertz CT molecular complexity index is 391. The zero-order valence-corrected chi connectivity index (χ0v) is 11.0. The number of ether oxygens (including phenoxy) is 1. The van der Waals surface area contributed by atoms with Crippen molar-refractivity contribution in [3.8, 4) is 5.75 Å². The van der Waals surface area contributed by atoms with Crippen LogP contribution in [0.3, 0.4) is 0 Å². The minimum absolute atomic E-state index is 0.0137. The van der Waals surface area contributed by atoms with Crippen LogP contribution in [0.25, 0.3) is 0 Å². The topological polar surface area (TPSA) is 67.5 Å². The van der Waals surface area contributed by atoms with Gasteiger partial charge >= 0.3 is 0 Å². The highest BCUT2D eigenvalue weighted by Crippen LogP contribution is 2.30. The van der Waals surface area contributed by atoms with Gasteiger partial charge in [-0.05, 0) is 43.5 Å². The summed E-state index contributed by atoms with van der Waals surface area (Å²) < 4.78 is 5.32. The fourth-order valence-electron chi connectivity index (χ4n) is 1.83. The molecule has 1 unspecified atom stereocenters. The highest BCUT2D eigenvalue weighted by atomic mass is 16.5. The maximum atomic E-state index is 8.90. The van der Waals surface area contributed by atoms with E-state index in [1.54, 1.807) is 7.11 Å². The number of rotatable bonds is 5. The van der Waals surface area contributed by atoms with E-state index in [4.69, 9.17) is 15.6 Å². The van der Waals surface area contributed by atoms with Gasteiger partial charge in [0.05, 0.1) is 13.7 Å². The van der Waals surface area contributed by atoms with Crippen LogP contribution < -0.4 is 15.8 Å². The first-order valence-corrected chi connectivity index (χ1v) is 5.76. The van der Waals surface area contributed by atoms with Crippen LogP contribution in [0.1, 0.15) is 16.7 Å². The van der Waals surface area contributed by atoms with Crippen LogP contribution >= 0.6 is 0 Å². The third-order valence-corrected chi connectivity index (χ3v) is 3.04. The summed E-state index contributed by atoms with van der Waals surface area (Å²) in [6, 6.07) is 1.77. The minimum Gasteiger partial charge on any atom is -0.496 e. The molecule has 0 aliphatic carbocycles. The molecule has 4 nitrogen and oxygen atoms in total. The smallest absolute Gasteiger partial charge is 0.122 e. The Morgan fingerprint density at radius 3 is 2.53 bits per heavy atom. The highest BCUT2D eigenvalue weighted by molar-refractivity contribution is 5.63. The van der Waals surface area contributed by atoms with E-state index >= 15 is 0 Å². The Hall–Kier alpha value is -1.26. The molecule has 0 aromatic heterocycles. The third-order valence-electron chi connectivity index (χ3n) is 3.04. The quantitative estimate of drug-likeness (QED) is 0.724. The van der Waals surface area contributed by atoms with Crippen molar-refractivity contribution in [2.24, 2.45) is 5.73 Å². The number of aliphatic hydroxyl groups excluding tert-OH is 1. The van der Waals surface area contributed by atoms with Crippen molar-refractivity contribution in [1.82, 2.24) is 0 Å². The summed E-state index contributed by atoms with van der Waals surface area (Å²) in [5, 5.41) is 12.2. The molecule has 96 valence electrons. The maximum Gasteiger partial charge on any atom is 0.122 e. The summed E-state index contributed by atoms with van der Waals surface area (Å²) >= 11 is 0. The first kappa shape index (κ1) is 13.8. The summed E-state index contributed by atoms with van der Waals surface area (Å²) in [6.07, 6.45) is 0. The molecule has 0 bridgehead atoms. The summed E-state index contributed by atoms with van der Waals surface area (Å²) in [7, 11) is 1.68. The van der Waals surface area contributed by atoms with Gasteiger partial charge in [0.2, 0.25) is 0 Å². The monoisotopic (exact) mass is 238 g/mol. The van der Waals surface area contributed by atoms with Gasteiger partial charge in [0, 0.05) is 18.3 Å². The number of nitrogens with one attached hydrogen (secondary N) is 1. The molecule has 0 aliphatic rings. The molecule has 0 aliphatic heterocycles. The molecule has 0 saturated heterocycles. The van der Waals surface area contributed by atoms with Gasteiger partial charge in [-0.1, -0.05) is 0 Å². The summed E-state index contributed by atoms with van der Waals surface area (Å²) in [5.74, 6) is 0.900. The number of nitrogens with two attached hydrogens (primary N) is 1. The molecule has 1 aromatic rings. The molecule has 0 fully saturated rings. The van der Waals surface area contributed by atoms with E-state index < -0.39 is 0 Å². The Labute approximate surface area is 103 Å². The molecule has 0 amide bonds. The zero-order valence-electron chi connectivity index (χ0n) is 11.0. The summed E-state index contributed by atoms with van der Waals surface area (Å²) in [6.45, 7) is 6.66. The zero-order chi connectivity index (χ0) is 13.0. The second-order valence-electron chi connectivity index (χ2n) is 4.34. The van der Waals surface area contributed by atoms with E-state index in [9.17, 15) is 0 Å². The second kappa shape index (κ2) is 5.89. The van der Waals surface area contributed by atoms with E-state index in [1.165, 1.54) is 0 Å². The molecule has 0 spiro atoms. The number of hydrogen-bond acceptors (Lipinski definition) is 4. The predicted molar refractivity (Wildman–Crippen MR) is 70.8 cm³/mol. The molecular formula is C13H22N2O2. The van der Waals surface area contributed by atoms with Crippen molar-refractivity contribution in [3.63, 3.8) is 0 Å². The number of aryl methyl sites for hydroxylation is 1. The first-order valence-electron chi connectivity index (χ1n) is 5.76. The number of aliphatic hydroxyl groups is 1. The summed E-state index contributed by atoms with van der Waals surface area (Å²) in [4.78, 5) is 0. The molecule has 0 saturated carbocycles. The van der Waals surface area contributed by atoms with Crippen LogP contribution in [-0.4, -0.2) is 31.4 Å².